The molecule has 0 aromatic heterocycles. The summed E-state index contributed by atoms with van der Waals surface area (Å²) in [6, 6.07) is 8.05. The lowest BCUT2D eigenvalue weighted by atomic mass is 10.2. The standard InChI is InChI=1S/C11H12N2O3/c1-16-7-9-10(14)12-11(15)13(9)8-5-3-2-4-6-8/h2-6,9H,7H2,1H3,(H,12,14,15). The topological polar surface area (TPSA) is 58.6 Å². The zero-order chi connectivity index (χ0) is 11.5. The van der Waals surface area contributed by atoms with Crippen LogP contribution in [0.5, 0.6) is 0 Å². The first-order chi connectivity index (χ1) is 7.74. The summed E-state index contributed by atoms with van der Waals surface area (Å²) >= 11 is 0. The summed E-state index contributed by atoms with van der Waals surface area (Å²) in [6.45, 7) is 0.187. The van der Waals surface area contributed by atoms with E-state index in [-0.39, 0.29) is 12.5 Å². The number of ether oxygens (including phenoxy) is 1. The van der Waals surface area contributed by atoms with Crippen molar-refractivity contribution in [1.82, 2.24) is 5.32 Å². The Kier molecular flexibility index (Phi) is 2.87. The van der Waals surface area contributed by atoms with Crippen LogP contribution < -0.4 is 10.2 Å². The van der Waals surface area contributed by atoms with Crippen LogP contribution in [0, 0.1) is 0 Å². The Hall–Kier alpha value is -1.88. The van der Waals surface area contributed by atoms with Gasteiger partial charge in [0.15, 0.2) is 0 Å². The van der Waals surface area contributed by atoms with Gasteiger partial charge in [-0.3, -0.25) is 15.0 Å². The molecule has 0 saturated carbocycles. The molecular weight excluding hydrogens is 208 g/mol. The largest absolute Gasteiger partial charge is 0.382 e. The molecule has 1 aliphatic rings. The summed E-state index contributed by atoms with van der Waals surface area (Å²) in [5.41, 5.74) is 0.688. The number of rotatable bonds is 3. The van der Waals surface area contributed by atoms with Gasteiger partial charge in [0.2, 0.25) is 0 Å². The lowest BCUT2D eigenvalue weighted by molar-refractivity contribution is -0.120. The van der Waals surface area contributed by atoms with Crippen LogP contribution >= 0.6 is 0 Å². The predicted octanol–water partition coefficient (Wildman–Crippen LogP) is 0.758. The first-order valence-corrected chi connectivity index (χ1v) is 4.92. The second-order valence-electron chi connectivity index (χ2n) is 3.47. The van der Waals surface area contributed by atoms with Crippen LogP contribution in [0.15, 0.2) is 30.3 Å². The SMILES string of the molecule is COCC1C(=O)NC(=O)N1c1ccccc1. The third-order valence-corrected chi connectivity index (χ3v) is 2.42. The summed E-state index contributed by atoms with van der Waals surface area (Å²) < 4.78 is 4.94. The number of hydrogen-bond donors (Lipinski definition) is 1. The first kappa shape index (κ1) is 10.6. The van der Waals surface area contributed by atoms with E-state index in [2.05, 4.69) is 5.32 Å². The van der Waals surface area contributed by atoms with Gasteiger partial charge in [0.05, 0.1) is 6.61 Å². The lowest BCUT2D eigenvalue weighted by Crippen LogP contribution is -2.38. The fourth-order valence-corrected chi connectivity index (χ4v) is 1.70. The van der Waals surface area contributed by atoms with Crippen LogP contribution in [-0.4, -0.2) is 31.7 Å². The molecule has 1 atom stereocenters. The molecule has 0 bridgehead atoms. The van der Waals surface area contributed by atoms with E-state index in [0.29, 0.717) is 5.69 Å². The van der Waals surface area contributed by atoms with Gasteiger partial charge in [-0.05, 0) is 12.1 Å². The molecule has 5 heteroatoms. The Balaban J connectivity index is 2.30. The van der Waals surface area contributed by atoms with Crippen molar-refractivity contribution >= 4 is 17.6 Å². The highest BCUT2D eigenvalue weighted by Crippen LogP contribution is 2.20. The van der Waals surface area contributed by atoms with Gasteiger partial charge in [0, 0.05) is 12.8 Å². The van der Waals surface area contributed by atoms with E-state index in [0.717, 1.165) is 0 Å². The van der Waals surface area contributed by atoms with Crippen molar-refractivity contribution in [3.05, 3.63) is 30.3 Å². The summed E-state index contributed by atoms with van der Waals surface area (Å²) in [6.07, 6.45) is 0. The van der Waals surface area contributed by atoms with Crippen molar-refractivity contribution in [1.29, 1.82) is 0 Å². The van der Waals surface area contributed by atoms with Crippen LogP contribution in [0.4, 0.5) is 10.5 Å². The molecule has 0 aliphatic carbocycles. The molecule has 1 N–H and O–H groups in total. The van der Waals surface area contributed by atoms with E-state index >= 15 is 0 Å². The molecule has 5 nitrogen and oxygen atoms in total. The van der Waals surface area contributed by atoms with E-state index in [1.54, 1.807) is 12.1 Å². The minimum Gasteiger partial charge on any atom is -0.382 e. The third-order valence-electron chi connectivity index (χ3n) is 2.42. The lowest BCUT2D eigenvalue weighted by Gasteiger charge is -2.20. The number of hydrogen-bond acceptors (Lipinski definition) is 3. The number of benzene rings is 1. The van der Waals surface area contributed by atoms with E-state index in [1.807, 2.05) is 18.2 Å². The molecule has 3 amide bonds. The summed E-state index contributed by atoms with van der Waals surface area (Å²) in [5.74, 6) is -0.323. The number of carbonyl (C=O) groups is 2. The first-order valence-electron chi connectivity index (χ1n) is 4.92. The van der Waals surface area contributed by atoms with Gasteiger partial charge in [-0.25, -0.2) is 4.79 Å². The average molecular weight is 220 g/mol. The van der Waals surface area contributed by atoms with Gasteiger partial charge in [0.25, 0.3) is 5.91 Å². The molecule has 1 saturated heterocycles. The van der Waals surface area contributed by atoms with Crippen LogP contribution in [0.25, 0.3) is 0 Å². The predicted molar refractivity (Wildman–Crippen MR) is 58.1 cm³/mol. The highest BCUT2D eigenvalue weighted by molar-refractivity contribution is 6.14. The Morgan fingerprint density at radius 3 is 2.62 bits per heavy atom. The smallest absolute Gasteiger partial charge is 0.329 e. The highest BCUT2D eigenvalue weighted by atomic mass is 16.5. The third kappa shape index (κ3) is 1.77. The number of methoxy groups -OCH3 is 1. The van der Waals surface area contributed by atoms with Crippen LogP contribution in [0.2, 0.25) is 0 Å². The number of nitrogens with zero attached hydrogens (tertiary/aromatic N) is 1. The monoisotopic (exact) mass is 220 g/mol. The van der Waals surface area contributed by atoms with E-state index in [4.69, 9.17) is 4.74 Å². The van der Waals surface area contributed by atoms with Crippen molar-refractivity contribution in [2.45, 2.75) is 6.04 Å². The summed E-state index contributed by atoms with van der Waals surface area (Å²) in [4.78, 5) is 24.5. The van der Waals surface area contributed by atoms with Gasteiger partial charge in [0.1, 0.15) is 6.04 Å². The Labute approximate surface area is 93.0 Å². The molecule has 0 radical (unpaired) electrons. The number of anilines is 1. The molecule has 1 aromatic carbocycles. The number of carbonyl (C=O) groups excluding carboxylic acids is 2. The molecule has 84 valence electrons. The molecular formula is C11H12N2O3. The van der Waals surface area contributed by atoms with Crippen molar-refractivity contribution < 1.29 is 14.3 Å². The van der Waals surface area contributed by atoms with Crippen molar-refractivity contribution in [2.75, 3.05) is 18.6 Å². The van der Waals surface area contributed by atoms with Crippen LogP contribution in [-0.2, 0) is 9.53 Å². The number of nitrogens with one attached hydrogen (secondary N) is 1. The van der Waals surface area contributed by atoms with Gasteiger partial charge >= 0.3 is 6.03 Å². The molecule has 1 aromatic rings. The molecule has 1 unspecified atom stereocenters. The number of para-hydroxylation sites is 1. The second-order valence-corrected chi connectivity index (χ2v) is 3.47. The maximum absolute atomic E-state index is 11.6. The van der Waals surface area contributed by atoms with Crippen LogP contribution in [0.1, 0.15) is 0 Å². The molecule has 16 heavy (non-hydrogen) atoms. The highest BCUT2D eigenvalue weighted by Gasteiger charge is 2.39. The van der Waals surface area contributed by atoms with E-state index in [9.17, 15) is 9.59 Å². The fraction of sp³-hybridized carbons (Fsp3) is 0.273. The van der Waals surface area contributed by atoms with Gasteiger partial charge < -0.3 is 4.74 Å². The molecule has 1 heterocycles. The Morgan fingerprint density at radius 1 is 1.31 bits per heavy atom. The van der Waals surface area contributed by atoms with Gasteiger partial charge in [-0.15, -0.1) is 0 Å². The van der Waals surface area contributed by atoms with Gasteiger partial charge in [-0.2, -0.15) is 0 Å². The van der Waals surface area contributed by atoms with Crippen LogP contribution in [0.3, 0.4) is 0 Å². The number of amides is 3. The second kappa shape index (κ2) is 4.32. The zero-order valence-corrected chi connectivity index (χ0v) is 8.84. The quantitative estimate of drug-likeness (QED) is 0.765. The minimum absolute atomic E-state index is 0.187. The van der Waals surface area contributed by atoms with Gasteiger partial charge in [-0.1, -0.05) is 18.2 Å². The summed E-state index contributed by atoms with van der Waals surface area (Å²) in [7, 11) is 1.50. The zero-order valence-electron chi connectivity index (χ0n) is 8.84. The molecule has 0 spiro atoms. The maximum atomic E-state index is 11.6. The molecule has 1 fully saturated rings. The van der Waals surface area contributed by atoms with Crippen molar-refractivity contribution in [2.24, 2.45) is 0 Å². The van der Waals surface area contributed by atoms with E-state index in [1.165, 1.54) is 12.0 Å². The molecule has 2 rings (SSSR count). The normalized spacial score (nSPS) is 20.1. The Bertz CT molecular complexity index is 405. The van der Waals surface area contributed by atoms with Crippen molar-refractivity contribution in [3.63, 3.8) is 0 Å². The fourth-order valence-electron chi connectivity index (χ4n) is 1.70. The summed E-state index contributed by atoms with van der Waals surface area (Å²) in [5, 5.41) is 2.27. The maximum Gasteiger partial charge on any atom is 0.329 e. The number of urea groups is 1. The van der Waals surface area contributed by atoms with E-state index < -0.39 is 12.1 Å². The van der Waals surface area contributed by atoms with Crippen molar-refractivity contribution in [3.8, 4) is 0 Å². The molecule has 1 aliphatic heterocycles. The average Bonchev–Trinajstić information content (AvgIpc) is 2.56. The minimum atomic E-state index is -0.583. The Morgan fingerprint density at radius 2 is 2.00 bits per heavy atom. The number of imide groups is 1.